The van der Waals surface area contributed by atoms with Crippen LogP contribution in [0.4, 0.5) is 5.69 Å². The minimum Gasteiger partial charge on any atom is -0.506 e. The Bertz CT molecular complexity index is 839. The lowest BCUT2D eigenvalue weighted by molar-refractivity contribution is -0.115. The molecule has 0 saturated carbocycles. The summed E-state index contributed by atoms with van der Waals surface area (Å²) in [6, 6.07) is 12.6. The molecule has 1 fully saturated rings. The molecule has 122 valence electrons. The summed E-state index contributed by atoms with van der Waals surface area (Å²) in [4.78, 5) is 17.1. The highest BCUT2D eigenvalue weighted by Crippen LogP contribution is 2.34. The normalized spacial score (nSPS) is 17.3. The van der Waals surface area contributed by atoms with Gasteiger partial charge in [-0.1, -0.05) is 30.3 Å². The van der Waals surface area contributed by atoms with Crippen LogP contribution >= 0.6 is 11.8 Å². The lowest BCUT2D eigenvalue weighted by Gasteiger charge is -2.04. The first kappa shape index (κ1) is 16.1. The zero-order chi connectivity index (χ0) is 17.1. The number of aryl methyl sites for hydroxylation is 1. The van der Waals surface area contributed by atoms with Crippen LogP contribution in [0.5, 0.6) is 11.5 Å². The van der Waals surface area contributed by atoms with E-state index in [1.807, 2.05) is 37.3 Å². The van der Waals surface area contributed by atoms with E-state index >= 15 is 0 Å². The van der Waals surface area contributed by atoms with Crippen LogP contribution in [0.1, 0.15) is 11.1 Å². The van der Waals surface area contributed by atoms with Gasteiger partial charge in [-0.2, -0.15) is 0 Å². The molecule has 0 unspecified atom stereocenters. The SMILES string of the molecule is COc1ccccc1/C=C1\SC(=Nc2c(C)cccc2O)NC1=O. The summed E-state index contributed by atoms with van der Waals surface area (Å²) in [5.74, 6) is 0.553. The second kappa shape index (κ2) is 6.80. The number of nitrogens with one attached hydrogen (secondary N) is 1. The van der Waals surface area contributed by atoms with Gasteiger partial charge >= 0.3 is 0 Å². The number of carbonyl (C=O) groups is 1. The summed E-state index contributed by atoms with van der Waals surface area (Å²) in [6.07, 6.45) is 1.76. The molecular weight excluding hydrogens is 324 g/mol. The molecule has 0 spiro atoms. The minimum absolute atomic E-state index is 0.0829. The van der Waals surface area contributed by atoms with Gasteiger partial charge in [0.05, 0.1) is 12.0 Å². The van der Waals surface area contributed by atoms with Gasteiger partial charge in [0.1, 0.15) is 17.2 Å². The van der Waals surface area contributed by atoms with E-state index in [-0.39, 0.29) is 11.7 Å². The average Bonchev–Trinajstić information content (AvgIpc) is 2.91. The maximum Gasteiger partial charge on any atom is 0.264 e. The number of amides is 1. The van der Waals surface area contributed by atoms with Gasteiger partial charge in [-0.15, -0.1) is 0 Å². The van der Waals surface area contributed by atoms with Gasteiger partial charge in [0.25, 0.3) is 5.91 Å². The number of phenols is 1. The predicted molar refractivity (Wildman–Crippen MR) is 96.6 cm³/mol. The number of rotatable bonds is 3. The standard InChI is InChI=1S/C18H16N2O3S/c1-11-6-5-8-13(21)16(11)19-18-20-17(22)15(24-18)10-12-7-3-4-9-14(12)23-2/h3-10,21H,1-2H3,(H,19,20,22)/b15-10-. The maximum absolute atomic E-state index is 12.2. The zero-order valence-electron chi connectivity index (χ0n) is 13.2. The largest absolute Gasteiger partial charge is 0.506 e. The molecule has 5 nitrogen and oxygen atoms in total. The van der Waals surface area contributed by atoms with Crippen LogP contribution in [0.15, 0.2) is 52.4 Å². The number of phenolic OH excluding ortho intramolecular Hbond substituents is 1. The number of para-hydroxylation sites is 2. The molecule has 2 aromatic carbocycles. The lowest BCUT2D eigenvalue weighted by Crippen LogP contribution is -2.19. The van der Waals surface area contributed by atoms with Crippen molar-refractivity contribution in [2.24, 2.45) is 4.99 Å². The quantitative estimate of drug-likeness (QED) is 0.838. The fraction of sp³-hybridized carbons (Fsp3) is 0.111. The molecule has 2 N–H and O–H groups in total. The number of methoxy groups -OCH3 is 1. The Labute approximate surface area is 144 Å². The predicted octanol–water partition coefficient (Wildman–Crippen LogP) is 3.60. The zero-order valence-corrected chi connectivity index (χ0v) is 14.1. The molecular formula is C18H16N2O3S. The van der Waals surface area contributed by atoms with Gasteiger partial charge in [-0.3, -0.25) is 4.79 Å². The van der Waals surface area contributed by atoms with Crippen molar-refractivity contribution in [3.8, 4) is 11.5 Å². The summed E-state index contributed by atoms with van der Waals surface area (Å²) in [5, 5.41) is 13.1. The molecule has 0 bridgehead atoms. The number of nitrogens with zero attached hydrogens (tertiary/aromatic N) is 1. The Hall–Kier alpha value is -2.73. The highest BCUT2D eigenvalue weighted by Gasteiger charge is 2.24. The molecule has 3 rings (SSSR count). The third kappa shape index (κ3) is 3.28. The Morgan fingerprint density at radius 1 is 1.21 bits per heavy atom. The topological polar surface area (TPSA) is 70.9 Å². The molecule has 1 aliphatic rings. The number of hydrogen-bond acceptors (Lipinski definition) is 5. The number of benzene rings is 2. The van der Waals surface area contributed by atoms with Crippen LogP contribution in [0.3, 0.4) is 0 Å². The molecule has 0 aliphatic carbocycles. The van der Waals surface area contributed by atoms with E-state index in [9.17, 15) is 9.90 Å². The summed E-state index contributed by atoms with van der Waals surface area (Å²) in [6.45, 7) is 1.85. The number of aromatic hydroxyl groups is 1. The number of carbonyl (C=O) groups excluding carboxylic acids is 1. The Kier molecular flexibility index (Phi) is 4.57. The van der Waals surface area contributed by atoms with E-state index in [2.05, 4.69) is 10.3 Å². The molecule has 0 atom stereocenters. The summed E-state index contributed by atoms with van der Waals surface area (Å²) < 4.78 is 5.30. The van der Waals surface area contributed by atoms with Gasteiger partial charge in [0.15, 0.2) is 5.17 Å². The first-order valence-electron chi connectivity index (χ1n) is 7.29. The fourth-order valence-electron chi connectivity index (χ4n) is 2.30. The number of aliphatic imine (C=N–C) groups is 1. The lowest BCUT2D eigenvalue weighted by atomic mass is 10.2. The second-order valence-corrected chi connectivity index (χ2v) is 6.20. The van der Waals surface area contributed by atoms with Crippen molar-refractivity contribution >= 4 is 34.6 Å². The van der Waals surface area contributed by atoms with Crippen LogP contribution in [0.25, 0.3) is 6.08 Å². The van der Waals surface area contributed by atoms with Crippen LogP contribution in [-0.4, -0.2) is 23.3 Å². The molecule has 6 heteroatoms. The van der Waals surface area contributed by atoms with E-state index in [1.165, 1.54) is 11.8 Å². The van der Waals surface area contributed by atoms with E-state index in [4.69, 9.17) is 4.74 Å². The van der Waals surface area contributed by atoms with Crippen molar-refractivity contribution in [2.45, 2.75) is 6.92 Å². The second-order valence-electron chi connectivity index (χ2n) is 5.17. The number of ether oxygens (including phenoxy) is 1. The van der Waals surface area contributed by atoms with Gasteiger partial charge in [0.2, 0.25) is 0 Å². The van der Waals surface area contributed by atoms with E-state index in [1.54, 1.807) is 25.3 Å². The number of amidine groups is 1. The minimum atomic E-state index is -0.224. The molecule has 2 aromatic rings. The van der Waals surface area contributed by atoms with Crippen LogP contribution in [0.2, 0.25) is 0 Å². The molecule has 0 radical (unpaired) electrons. The van der Waals surface area contributed by atoms with Crippen molar-refractivity contribution < 1.29 is 14.6 Å². The van der Waals surface area contributed by atoms with Gasteiger partial charge < -0.3 is 15.2 Å². The average molecular weight is 340 g/mol. The summed E-state index contributed by atoms with van der Waals surface area (Å²) in [7, 11) is 1.59. The van der Waals surface area contributed by atoms with Crippen LogP contribution in [-0.2, 0) is 4.79 Å². The van der Waals surface area contributed by atoms with Crippen molar-refractivity contribution in [1.82, 2.24) is 5.32 Å². The van der Waals surface area contributed by atoms with E-state index < -0.39 is 0 Å². The number of hydrogen-bond donors (Lipinski definition) is 2. The fourth-order valence-corrected chi connectivity index (χ4v) is 3.12. The Morgan fingerprint density at radius 3 is 2.75 bits per heavy atom. The van der Waals surface area contributed by atoms with Crippen molar-refractivity contribution in [3.63, 3.8) is 0 Å². The molecule has 1 heterocycles. The third-order valence-electron chi connectivity index (χ3n) is 3.51. The van der Waals surface area contributed by atoms with E-state index in [0.29, 0.717) is 21.5 Å². The molecule has 1 amide bonds. The van der Waals surface area contributed by atoms with Crippen molar-refractivity contribution in [3.05, 3.63) is 58.5 Å². The summed E-state index contributed by atoms with van der Waals surface area (Å²) in [5.41, 5.74) is 2.11. The Balaban J connectivity index is 1.91. The highest BCUT2D eigenvalue weighted by atomic mass is 32.2. The van der Waals surface area contributed by atoms with Gasteiger partial charge in [-0.05, 0) is 42.5 Å². The third-order valence-corrected chi connectivity index (χ3v) is 4.42. The van der Waals surface area contributed by atoms with Gasteiger partial charge in [-0.25, -0.2) is 4.99 Å². The number of thioether (sulfide) groups is 1. The van der Waals surface area contributed by atoms with Crippen LogP contribution in [0, 0.1) is 6.92 Å². The summed E-state index contributed by atoms with van der Waals surface area (Å²) >= 11 is 1.23. The van der Waals surface area contributed by atoms with Crippen LogP contribution < -0.4 is 10.1 Å². The van der Waals surface area contributed by atoms with Crippen molar-refractivity contribution in [2.75, 3.05) is 7.11 Å². The monoisotopic (exact) mass is 340 g/mol. The first-order chi connectivity index (χ1) is 11.6. The maximum atomic E-state index is 12.2. The smallest absolute Gasteiger partial charge is 0.264 e. The molecule has 1 saturated heterocycles. The highest BCUT2D eigenvalue weighted by molar-refractivity contribution is 8.18. The Morgan fingerprint density at radius 2 is 2.00 bits per heavy atom. The van der Waals surface area contributed by atoms with Crippen molar-refractivity contribution in [1.29, 1.82) is 0 Å². The van der Waals surface area contributed by atoms with Gasteiger partial charge in [0, 0.05) is 5.56 Å². The molecule has 24 heavy (non-hydrogen) atoms. The molecule has 1 aliphatic heterocycles. The molecule has 0 aromatic heterocycles. The van der Waals surface area contributed by atoms with E-state index in [0.717, 1.165) is 11.1 Å². The first-order valence-corrected chi connectivity index (χ1v) is 8.11.